The first-order chi connectivity index (χ1) is 4.13. The molecule has 1 heterocycles. The molecule has 3 N–H and O–H groups in total. The maximum Gasteiger partial charge on any atom is 0.239 e. The second-order valence-electron chi connectivity index (χ2n) is 2.80. The highest BCUT2D eigenvalue weighted by Crippen LogP contribution is 2.12. The molecule has 1 amide bonds. The highest BCUT2D eigenvalue weighted by Gasteiger charge is 2.37. The van der Waals surface area contributed by atoms with Crippen molar-refractivity contribution in [1.29, 1.82) is 0 Å². The molecule has 1 aliphatic rings. The van der Waals surface area contributed by atoms with E-state index in [4.69, 9.17) is 5.73 Å². The van der Waals surface area contributed by atoms with Crippen LogP contribution in [0.3, 0.4) is 0 Å². The normalized spacial score (nSPS) is 34.0. The molecule has 1 fully saturated rings. The third-order valence-electron chi connectivity index (χ3n) is 1.72. The van der Waals surface area contributed by atoms with Gasteiger partial charge in [0.25, 0.3) is 0 Å². The summed E-state index contributed by atoms with van der Waals surface area (Å²) in [6, 6.07) is -0.0532. The van der Waals surface area contributed by atoms with E-state index in [1.165, 1.54) is 0 Å². The van der Waals surface area contributed by atoms with Gasteiger partial charge < -0.3 is 11.1 Å². The van der Waals surface area contributed by atoms with Crippen LogP contribution in [0.1, 0.15) is 13.8 Å². The SMILES string of the molecule is CC(C)[C@H]1NC(=O)[C@H]1N. The number of nitrogens with one attached hydrogen (secondary N) is 1. The summed E-state index contributed by atoms with van der Waals surface area (Å²) in [5.74, 6) is 0.436. The van der Waals surface area contributed by atoms with Gasteiger partial charge in [0.05, 0.1) is 6.04 Å². The first-order valence-corrected chi connectivity index (χ1v) is 3.19. The van der Waals surface area contributed by atoms with Gasteiger partial charge in [-0.15, -0.1) is 0 Å². The van der Waals surface area contributed by atoms with Crippen LogP contribution >= 0.6 is 0 Å². The standard InChI is InChI=1S/C6H12N2O/c1-3(2)5-4(7)6(9)8-5/h3-5H,7H2,1-2H3,(H,8,9)/t4-,5+/m0/s1. The zero-order valence-corrected chi connectivity index (χ0v) is 5.72. The number of carbonyl (C=O) groups is 1. The molecule has 0 bridgehead atoms. The van der Waals surface area contributed by atoms with Crippen molar-refractivity contribution >= 4 is 5.91 Å². The Balaban J connectivity index is 2.42. The maximum atomic E-state index is 10.5. The number of β-lactam (4-membered cyclic amide) rings is 1. The van der Waals surface area contributed by atoms with E-state index in [1.54, 1.807) is 0 Å². The number of hydrogen-bond donors (Lipinski definition) is 2. The maximum absolute atomic E-state index is 10.5. The summed E-state index contributed by atoms with van der Waals surface area (Å²) in [6.45, 7) is 4.09. The molecule has 0 spiro atoms. The van der Waals surface area contributed by atoms with Gasteiger partial charge >= 0.3 is 0 Å². The fourth-order valence-electron chi connectivity index (χ4n) is 0.998. The lowest BCUT2D eigenvalue weighted by molar-refractivity contribution is -0.131. The number of amides is 1. The zero-order valence-electron chi connectivity index (χ0n) is 5.72. The van der Waals surface area contributed by atoms with Crippen molar-refractivity contribution in [1.82, 2.24) is 5.32 Å². The van der Waals surface area contributed by atoms with E-state index >= 15 is 0 Å². The fraction of sp³-hybridized carbons (Fsp3) is 0.833. The van der Waals surface area contributed by atoms with Crippen LogP contribution in [0.2, 0.25) is 0 Å². The number of rotatable bonds is 1. The summed E-state index contributed by atoms with van der Waals surface area (Å²) in [5, 5.41) is 2.73. The van der Waals surface area contributed by atoms with Crippen LogP contribution < -0.4 is 11.1 Å². The van der Waals surface area contributed by atoms with E-state index in [0.29, 0.717) is 5.92 Å². The lowest BCUT2D eigenvalue weighted by Crippen LogP contribution is -2.68. The van der Waals surface area contributed by atoms with E-state index in [1.807, 2.05) is 13.8 Å². The van der Waals surface area contributed by atoms with Crippen molar-refractivity contribution in [2.24, 2.45) is 11.7 Å². The summed E-state index contributed by atoms with van der Waals surface area (Å²) in [7, 11) is 0. The fourth-order valence-corrected chi connectivity index (χ4v) is 0.998. The van der Waals surface area contributed by atoms with Crippen LogP contribution in [-0.2, 0) is 4.79 Å². The number of nitrogens with two attached hydrogens (primary N) is 1. The Morgan fingerprint density at radius 3 is 2.33 bits per heavy atom. The van der Waals surface area contributed by atoms with Crippen LogP contribution in [0.4, 0.5) is 0 Å². The lowest BCUT2D eigenvalue weighted by Gasteiger charge is -2.36. The zero-order chi connectivity index (χ0) is 7.02. The van der Waals surface area contributed by atoms with Crippen LogP contribution in [0.15, 0.2) is 0 Å². The molecule has 1 aliphatic heterocycles. The van der Waals surface area contributed by atoms with Gasteiger partial charge in [-0.2, -0.15) is 0 Å². The van der Waals surface area contributed by atoms with Crippen LogP contribution in [-0.4, -0.2) is 18.0 Å². The largest absolute Gasteiger partial charge is 0.350 e. The van der Waals surface area contributed by atoms with Gasteiger partial charge in [0, 0.05) is 0 Å². The average molecular weight is 128 g/mol. The predicted octanol–water partition coefficient (Wildman–Crippen LogP) is -0.532. The molecule has 1 saturated heterocycles. The highest BCUT2D eigenvalue weighted by molar-refractivity contribution is 5.89. The third kappa shape index (κ3) is 0.920. The van der Waals surface area contributed by atoms with Crippen molar-refractivity contribution < 1.29 is 4.79 Å². The monoisotopic (exact) mass is 128 g/mol. The first-order valence-electron chi connectivity index (χ1n) is 3.19. The van der Waals surface area contributed by atoms with Crippen LogP contribution in [0.25, 0.3) is 0 Å². The van der Waals surface area contributed by atoms with E-state index < -0.39 is 0 Å². The van der Waals surface area contributed by atoms with Crippen LogP contribution in [0.5, 0.6) is 0 Å². The molecule has 9 heavy (non-hydrogen) atoms. The summed E-state index contributed by atoms with van der Waals surface area (Å²) in [6.07, 6.45) is 0. The topological polar surface area (TPSA) is 55.1 Å². The Morgan fingerprint density at radius 1 is 1.67 bits per heavy atom. The minimum atomic E-state index is -0.259. The van der Waals surface area contributed by atoms with Gasteiger partial charge in [-0.05, 0) is 5.92 Å². The minimum absolute atomic E-state index is 0.0197. The molecule has 0 unspecified atom stereocenters. The summed E-state index contributed by atoms with van der Waals surface area (Å²) < 4.78 is 0. The third-order valence-corrected chi connectivity index (χ3v) is 1.72. The Kier molecular flexibility index (Phi) is 1.45. The van der Waals surface area contributed by atoms with Gasteiger partial charge in [0.2, 0.25) is 5.91 Å². The molecular weight excluding hydrogens is 116 g/mol. The first kappa shape index (κ1) is 6.55. The van der Waals surface area contributed by atoms with Crippen molar-refractivity contribution in [2.75, 3.05) is 0 Å². The highest BCUT2D eigenvalue weighted by atomic mass is 16.2. The van der Waals surface area contributed by atoms with E-state index in [9.17, 15) is 4.79 Å². The Bertz CT molecular complexity index is 133. The van der Waals surface area contributed by atoms with Crippen molar-refractivity contribution in [3.63, 3.8) is 0 Å². The Labute approximate surface area is 54.6 Å². The van der Waals surface area contributed by atoms with E-state index in [-0.39, 0.29) is 18.0 Å². The average Bonchev–Trinajstić information content (AvgIpc) is 1.81. The molecule has 0 aromatic carbocycles. The molecule has 1 rings (SSSR count). The molecule has 3 nitrogen and oxygen atoms in total. The number of carbonyl (C=O) groups excluding carboxylic acids is 1. The van der Waals surface area contributed by atoms with Crippen molar-refractivity contribution in [2.45, 2.75) is 25.9 Å². The molecule has 0 aromatic heterocycles. The molecule has 0 saturated carbocycles. The van der Waals surface area contributed by atoms with Crippen molar-refractivity contribution in [3.8, 4) is 0 Å². The van der Waals surface area contributed by atoms with E-state index in [0.717, 1.165) is 0 Å². The van der Waals surface area contributed by atoms with Gasteiger partial charge in [0.1, 0.15) is 6.04 Å². The number of hydrogen-bond acceptors (Lipinski definition) is 2. The summed E-state index contributed by atoms with van der Waals surface area (Å²) in [5.41, 5.74) is 5.46. The molecule has 0 aromatic rings. The molecule has 2 atom stereocenters. The second kappa shape index (κ2) is 1.99. The molecule has 0 radical (unpaired) electrons. The van der Waals surface area contributed by atoms with Gasteiger partial charge in [-0.25, -0.2) is 0 Å². The van der Waals surface area contributed by atoms with Gasteiger partial charge in [-0.3, -0.25) is 4.79 Å². The van der Waals surface area contributed by atoms with Crippen molar-refractivity contribution in [3.05, 3.63) is 0 Å². The quantitative estimate of drug-likeness (QED) is 0.466. The van der Waals surface area contributed by atoms with Gasteiger partial charge in [-0.1, -0.05) is 13.8 Å². The summed E-state index contributed by atoms with van der Waals surface area (Å²) in [4.78, 5) is 10.5. The molecular formula is C6H12N2O. The molecule has 3 heteroatoms. The Hall–Kier alpha value is -0.570. The Morgan fingerprint density at radius 2 is 2.22 bits per heavy atom. The summed E-state index contributed by atoms with van der Waals surface area (Å²) >= 11 is 0. The van der Waals surface area contributed by atoms with E-state index in [2.05, 4.69) is 5.32 Å². The predicted molar refractivity (Wildman–Crippen MR) is 34.7 cm³/mol. The molecule has 0 aliphatic carbocycles. The minimum Gasteiger partial charge on any atom is -0.350 e. The second-order valence-corrected chi connectivity index (χ2v) is 2.80. The smallest absolute Gasteiger partial charge is 0.239 e. The van der Waals surface area contributed by atoms with Gasteiger partial charge in [0.15, 0.2) is 0 Å². The molecule has 52 valence electrons. The lowest BCUT2D eigenvalue weighted by atomic mass is 9.90. The van der Waals surface area contributed by atoms with Crippen LogP contribution in [0, 0.1) is 5.92 Å².